The Morgan fingerprint density at radius 2 is 1.70 bits per heavy atom. The monoisotopic (exact) mass is 595 g/mol. The Morgan fingerprint density at radius 3 is 2.36 bits per heavy atom. The lowest BCUT2D eigenvalue weighted by Gasteiger charge is -2.38. The maximum atomic E-state index is 13.5. The fourth-order valence-corrected chi connectivity index (χ4v) is 5.70. The molecule has 0 atom stereocenters. The SMILES string of the molecule is Cc1cnc(CNc2ccc(-c3cc(C(=O)NC[C@H]4CC[C@H](CN(C(=O)O)C(C)(C)C)CC4)c4ccccc4n3)cn2)cn1. The zero-order valence-electron chi connectivity index (χ0n) is 25.9. The first-order valence-corrected chi connectivity index (χ1v) is 15.2. The maximum Gasteiger partial charge on any atom is 0.407 e. The van der Waals surface area contributed by atoms with E-state index in [2.05, 4.69) is 25.6 Å². The number of pyridine rings is 2. The standard InChI is InChI=1S/C34H41N7O3/c1-22-16-36-26(19-35-22)20-38-31-14-13-25(18-37-31)30-15-28(27-7-5-6-8-29(27)40-30)32(42)39-17-23-9-11-24(12-10-23)21-41(33(43)44)34(2,3)4/h5-8,13-16,18-19,23-24H,9-12,17,20-21H2,1-4H3,(H,37,38)(H,39,42)(H,43,44)/t23-,24-. The van der Waals surface area contributed by atoms with Gasteiger partial charge in [-0.3, -0.25) is 14.8 Å². The van der Waals surface area contributed by atoms with Gasteiger partial charge in [0, 0.05) is 42.0 Å². The van der Waals surface area contributed by atoms with Crippen LogP contribution in [0.15, 0.2) is 61.1 Å². The molecule has 3 heterocycles. The molecule has 230 valence electrons. The first-order chi connectivity index (χ1) is 21.1. The quantitative estimate of drug-likeness (QED) is 0.205. The first-order valence-electron chi connectivity index (χ1n) is 15.2. The number of carbonyl (C=O) groups is 2. The van der Waals surface area contributed by atoms with Crippen LogP contribution in [0.5, 0.6) is 0 Å². The molecule has 2 amide bonds. The van der Waals surface area contributed by atoms with Gasteiger partial charge >= 0.3 is 6.09 Å². The number of aryl methyl sites for hydroxylation is 1. The molecular formula is C34H41N7O3. The van der Waals surface area contributed by atoms with Crippen molar-refractivity contribution < 1.29 is 14.7 Å². The third kappa shape index (κ3) is 7.67. The number of carbonyl (C=O) groups excluding carboxylic acids is 1. The largest absolute Gasteiger partial charge is 0.465 e. The van der Waals surface area contributed by atoms with Gasteiger partial charge in [0.1, 0.15) is 5.82 Å². The van der Waals surface area contributed by atoms with Crippen LogP contribution >= 0.6 is 0 Å². The van der Waals surface area contributed by atoms with Crippen molar-refractivity contribution in [1.29, 1.82) is 0 Å². The Labute approximate surface area is 258 Å². The maximum absolute atomic E-state index is 13.5. The molecule has 3 N–H and O–H groups in total. The fourth-order valence-electron chi connectivity index (χ4n) is 5.70. The Bertz CT molecular complexity index is 1590. The van der Waals surface area contributed by atoms with Crippen LogP contribution in [0.3, 0.4) is 0 Å². The van der Waals surface area contributed by atoms with Crippen LogP contribution in [0, 0.1) is 18.8 Å². The molecule has 1 aliphatic carbocycles. The number of fused-ring (bicyclic) bond motifs is 1. The van der Waals surface area contributed by atoms with E-state index in [-0.39, 0.29) is 5.91 Å². The lowest BCUT2D eigenvalue weighted by Crippen LogP contribution is -2.47. The molecule has 0 saturated heterocycles. The average Bonchev–Trinajstić information content (AvgIpc) is 3.01. The van der Waals surface area contributed by atoms with Gasteiger partial charge < -0.3 is 20.6 Å². The Hall–Kier alpha value is -4.60. The highest BCUT2D eigenvalue weighted by atomic mass is 16.4. The molecular weight excluding hydrogens is 554 g/mol. The molecule has 0 radical (unpaired) electrons. The highest BCUT2D eigenvalue weighted by molar-refractivity contribution is 6.07. The van der Waals surface area contributed by atoms with Crippen LogP contribution in [0.2, 0.25) is 0 Å². The summed E-state index contributed by atoms with van der Waals surface area (Å²) in [5.41, 5.74) is 4.10. The molecule has 10 heteroatoms. The van der Waals surface area contributed by atoms with E-state index in [4.69, 9.17) is 4.98 Å². The molecule has 0 spiro atoms. The minimum Gasteiger partial charge on any atom is -0.465 e. The summed E-state index contributed by atoms with van der Waals surface area (Å²) < 4.78 is 0. The van der Waals surface area contributed by atoms with Crippen LogP contribution in [-0.4, -0.2) is 60.6 Å². The van der Waals surface area contributed by atoms with Crippen molar-refractivity contribution in [2.75, 3.05) is 18.4 Å². The number of nitrogens with one attached hydrogen (secondary N) is 2. The Morgan fingerprint density at radius 1 is 0.955 bits per heavy atom. The predicted molar refractivity (Wildman–Crippen MR) is 171 cm³/mol. The number of para-hydroxylation sites is 1. The van der Waals surface area contributed by atoms with E-state index in [9.17, 15) is 14.7 Å². The number of carboxylic acid groups (broad SMARTS) is 1. The fraction of sp³-hybridized carbons (Fsp3) is 0.412. The van der Waals surface area contributed by atoms with Crippen LogP contribution in [-0.2, 0) is 6.54 Å². The smallest absolute Gasteiger partial charge is 0.407 e. The van der Waals surface area contributed by atoms with Gasteiger partial charge in [0.15, 0.2) is 0 Å². The number of hydrogen-bond donors (Lipinski definition) is 3. The molecule has 1 saturated carbocycles. The van der Waals surface area contributed by atoms with Crippen molar-refractivity contribution in [2.24, 2.45) is 11.8 Å². The number of rotatable bonds is 9. The summed E-state index contributed by atoms with van der Waals surface area (Å²) in [6, 6.07) is 13.4. The molecule has 1 fully saturated rings. The van der Waals surface area contributed by atoms with Gasteiger partial charge in [0.05, 0.1) is 40.9 Å². The normalized spacial score (nSPS) is 16.8. The van der Waals surface area contributed by atoms with Crippen molar-refractivity contribution in [1.82, 2.24) is 30.2 Å². The summed E-state index contributed by atoms with van der Waals surface area (Å²) in [7, 11) is 0. The van der Waals surface area contributed by atoms with Gasteiger partial charge in [-0.1, -0.05) is 18.2 Å². The Kier molecular flexibility index (Phi) is 9.37. The summed E-state index contributed by atoms with van der Waals surface area (Å²) >= 11 is 0. The first kappa shape index (κ1) is 30.8. The van der Waals surface area contributed by atoms with E-state index in [1.807, 2.05) is 70.2 Å². The molecule has 4 aromatic rings. The van der Waals surface area contributed by atoms with Gasteiger partial charge in [-0.15, -0.1) is 0 Å². The second-order valence-corrected chi connectivity index (χ2v) is 12.7. The minimum absolute atomic E-state index is 0.123. The number of nitrogens with zero attached hydrogens (tertiary/aromatic N) is 5. The van der Waals surface area contributed by atoms with Crippen LogP contribution in [0.25, 0.3) is 22.2 Å². The topological polar surface area (TPSA) is 133 Å². The van der Waals surface area contributed by atoms with Gasteiger partial charge in [-0.2, -0.15) is 0 Å². The lowest BCUT2D eigenvalue weighted by atomic mass is 9.81. The van der Waals surface area contributed by atoms with E-state index in [1.165, 1.54) is 0 Å². The molecule has 3 aromatic heterocycles. The minimum atomic E-state index is -0.868. The van der Waals surface area contributed by atoms with E-state index >= 15 is 0 Å². The van der Waals surface area contributed by atoms with Crippen LogP contribution in [0.4, 0.5) is 10.6 Å². The van der Waals surface area contributed by atoms with Crippen molar-refractivity contribution in [3.63, 3.8) is 0 Å². The van der Waals surface area contributed by atoms with E-state index < -0.39 is 11.6 Å². The van der Waals surface area contributed by atoms with Gasteiger partial charge in [-0.05, 0) is 89.5 Å². The second kappa shape index (κ2) is 13.4. The van der Waals surface area contributed by atoms with Crippen molar-refractivity contribution in [3.8, 4) is 11.3 Å². The third-order valence-corrected chi connectivity index (χ3v) is 8.30. The molecule has 10 nitrogen and oxygen atoms in total. The lowest BCUT2D eigenvalue weighted by molar-refractivity contribution is 0.0786. The molecule has 1 aliphatic rings. The zero-order valence-corrected chi connectivity index (χ0v) is 25.9. The van der Waals surface area contributed by atoms with Crippen molar-refractivity contribution in [3.05, 3.63) is 78.0 Å². The highest BCUT2D eigenvalue weighted by Crippen LogP contribution is 2.31. The molecule has 0 bridgehead atoms. The number of hydrogen-bond acceptors (Lipinski definition) is 7. The van der Waals surface area contributed by atoms with Gasteiger partial charge in [-0.25, -0.2) is 14.8 Å². The predicted octanol–water partition coefficient (Wildman–Crippen LogP) is 6.32. The summed E-state index contributed by atoms with van der Waals surface area (Å²) in [5.74, 6) is 1.29. The summed E-state index contributed by atoms with van der Waals surface area (Å²) in [6.45, 7) is 9.36. The van der Waals surface area contributed by atoms with E-state index in [1.54, 1.807) is 23.5 Å². The van der Waals surface area contributed by atoms with Crippen molar-refractivity contribution in [2.45, 2.75) is 65.5 Å². The van der Waals surface area contributed by atoms with Crippen LogP contribution in [0.1, 0.15) is 68.2 Å². The number of anilines is 1. The number of aromatic nitrogens is 4. The summed E-state index contributed by atoms with van der Waals surface area (Å²) in [4.78, 5) is 44.9. The zero-order chi connectivity index (χ0) is 31.3. The van der Waals surface area contributed by atoms with Crippen LogP contribution < -0.4 is 10.6 Å². The van der Waals surface area contributed by atoms with Crippen molar-refractivity contribution >= 4 is 28.7 Å². The number of benzene rings is 1. The molecule has 0 unspecified atom stereocenters. The van der Waals surface area contributed by atoms with E-state index in [0.717, 1.165) is 53.5 Å². The summed E-state index contributed by atoms with van der Waals surface area (Å²) in [6.07, 6.45) is 8.22. The second-order valence-electron chi connectivity index (χ2n) is 12.7. The summed E-state index contributed by atoms with van der Waals surface area (Å²) in [5, 5.41) is 16.9. The highest BCUT2D eigenvalue weighted by Gasteiger charge is 2.31. The number of amides is 2. The molecule has 0 aliphatic heterocycles. The average molecular weight is 596 g/mol. The van der Waals surface area contributed by atoms with Gasteiger partial charge in [0.25, 0.3) is 5.91 Å². The molecule has 5 rings (SSSR count). The molecule has 44 heavy (non-hydrogen) atoms. The third-order valence-electron chi connectivity index (χ3n) is 8.30. The molecule has 1 aromatic carbocycles. The van der Waals surface area contributed by atoms with E-state index in [0.29, 0.717) is 48.5 Å². The Balaban J connectivity index is 1.22. The van der Waals surface area contributed by atoms with Gasteiger partial charge in [0.2, 0.25) is 0 Å².